The second kappa shape index (κ2) is 17.5. The Balaban J connectivity index is 0.820. The van der Waals surface area contributed by atoms with E-state index in [-0.39, 0.29) is 110 Å². The number of aldehydes is 1. The molecule has 10 aliphatic rings. The number of hydrogen-bond donors (Lipinski definition) is 1. The Hall–Kier alpha value is -1.78. The summed E-state index contributed by atoms with van der Waals surface area (Å²) in [5.74, 6) is 0.346. The molecule has 0 radical (unpaired) electrons. The van der Waals surface area contributed by atoms with Crippen LogP contribution >= 0.6 is 0 Å². The average molecular weight is 855 g/mol. The number of carbonyl (C=O) groups is 2. The van der Waals surface area contributed by atoms with Crippen LogP contribution in [0.1, 0.15) is 130 Å². The summed E-state index contributed by atoms with van der Waals surface area (Å²) in [7, 11) is 0. The lowest BCUT2D eigenvalue weighted by Gasteiger charge is -2.55. The summed E-state index contributed by atoms with van der Waals surface area (Å²) >= 11 is 0. The molecule has 22 atom stereocenters. The van der Waals surface area contributed by atoms with Gasteiger partial charge in [0, 0.05) is 32.1 Å². The zero-order valence-corrected chi connectivity index (χ0v) is 36.6. The van der Waals surface area contributed by atoms with Crippen molar-refractivity contribution in [2.24, 2.45) is 11.8 Å². The summed E-state index contributed by atoms with van der Waals surface area (Å²) in [4.78, 5) is 23.3. The number of aliphatic hydroxyl groups excluding tert-OH is 1. The lowest BCUT2D eigenvalue weighted by molar-refractivity contribution is -0.316. The van der Waals surface area contributed by atoms with Crippen molar-refractivity contribution in [3.8, 4) is 0 Å². The Morgan fingerprint density at radius 1 is 0.656 bits per heavy atom. The number of esters is 1. The minimum Gasteiger partial charge on any atom is -0.459 e. The van der Waals surface area contributed by atoms with Gasteiger partial charge in [-0.3, -0.25) is 4.79 Å². The van der Waals surface area contributed by atoms with E-state index in [1.807, 2.05) is 0 Å². The van der Waals surface area contributed by atoms with E-state index in [1.165, 1.54) is 0 Å². The molecule has 10 rings (SSSR count). The maximum atomic E-state index is 12.3. The van der Waals surface area contributed by atoms with Crippen molar-refractivity contribution in [1.29, 1.82) is 0 Å². The van der Waals surface area contributed by atoms with Crippen molar-refractivity contribution in [3.63, 3.8) is 0 Å². The standard InChI is InChI=1S/C48H70O13/c1-26-18-35-38(23-44(51)57-35)56-43-22-37-39(61-47(43,3)24-26)19-27(2)45-34(54-37)12-6-5-11-30-31(58-45)13-7-15-33-32(53-30)14-8-16-42-48(4,60-33)25-41-36(55-42)21-40-46(59-41)29(50)20-28(52-40)10-9-17-49/h5-7,15,17,26-43,45-46,50H,8-14,16,18-25H2,1-4H3/b6-5-,15-7-/t26-,27+,28-,29+,30-,31+,32+,33-,34+,35+,36+,37-,38-,39+,40-,41-,42-,43+,45-,46+,47-,48+/m1/s1. The van der Waals surface area contributed by atoms with Crippen LogP contribution in [0.25, 0.3) is 0 Å². The number of carbonyl (C=O) groups excluding carboxylic acids is 2. The summed E-state index contributed by atoms with van der Waals surface area (Å²) < 4.78 is 68.1. The van der Waals surface area contributed by atoms with Crippen LogP contribution in [0.15, 0.2) is 24.3 Å². The first-order valence-corrected chi connectivity index (χ1v) is 24.0. The van der Waals surface area contributed by atoms with Crippen molar-refractivity contribution < 1.29 is 62.1 Å². The zero-order chi connectivity index (χ0) is 42.0. The Morgan fingerprint density at radius 3 is 2.25 bits per heavy atom. The summed E-state index contributed by atoms with van der Waals surface area (Å²) in [6, 6.07) is 0. The van der Waals surface area contributed by atoms with E-state index >= 15 is 0 Å². The number of aliphatic hydroxyl groups is 1. The van der Waals surface area contributed by atoms with Crippen LogP contribution in [0, 0.1) is 11.8 Å². The number of rotatable bonds is 3. The van der Waals surface area contributed by atoms with Gasteiger partial charge in [-0.05, 0) is 89.9 Å². The highest BCUT2D eigenvalue weighted by atomic mass is 16.6. The molecule has 0 bridgehead atoms. The number of fused-ring (bicyclic) bond motifs is 9. The van der Waals surface area contributed by atoms with Crippen molar-refractivity contribution in [1.82, 2.24) is 0 Å². The quantitative estimate of drug-likeness (QED) is 0.208. The monoisotopic (exact) mass is 854 g/mol. The lowest BCUT2D eigenvalue weighted by atomic mass is 9.78. The lowest BCUT2D eigenvalue weighted by Crippen LogP contribution is -2.65. The van der Waals surface area contributed by atoms with Crippen molar-refractivity contribution >= 4 is 12.3 Å². The molecule has 13 heteroatoms. The predicted octanol–water partition coefficient (Wildman–Crippen LogP) is 5.78. The van der Waals surface area contributed by atoms with Gasteiger partial charge in [-0.2, -0.15) is 0 Å². The van der Waals surface area contributed by atoms with Crippen LogP contribution in [-0.4, -0.2) is 138 Å². The number of hydrogen-bond acceptors (Lipinski definition) is 13. The fourth-order valence-corrected chi connectivity index (χ4v) is 13.1. The molecule has 340 valence electrons. The molecule has 0 aromatic rings. The Bertz CT molecular complexity index is 1640. The normalized spacial score (nSPS) is 54.5. The predicted molar refractivity (Wildman–Crippen MR) is 220 cm³/mol. The highest BCUT2D eigenvalue weighted by Crippen LogP contribution is 2.48. The molecule has 1 N–H and O–H groups in total. The molecule has 0 aromatic carbocycles. The molecular weight excluding hydrogens is 785 g/mol. The van der Waals surface area contributed by atoms with Crippen molar-refractivity contribution in [2.45, 2.75) is 252 Å². The van der Waals surface area contributed by atoms with E-state index in [0.717, 1.165) is 57.7 Å². The third kappa shape index (κ3) is 8.73. The fourth-order valence-electron chi connectivity index (χ4n) is 13.1. The van der Waals surface area contributed by atoms with Gasteiger partial charge in [0.1, 0.15) is 30.7 Å². The molecule has 0 aromatic heterocycles. The van der Waals surface area contributed by atoms with Crippen LogP contribution < -0.4 is 0 Å². The second-order valence-corrected chi connectivity index (χ2v) is 20.9. The van der Waals surface area contributed by atoms with Gasteiger partial charge in [-0.1, -0.05) is 38.2 Å². The zero-order valence-electron chi connectivity index (χ0n) is 36.6. The Morgan fingerprint density at radius 2 is 1.39 bits per heavy atom. The molecule has 0 spiro atoms. The molecule has 0 amide bonds. The van der Waals surface area contributed by atoms with Gasteiger partial charge in [0.25, 0.3) is 0 Å². The van der Waals surface area contributed by atoms with E-state index < -0.39 is 23.4 Å². The van der Waals surface area contributed by atoms with Gasteiger partial charge >= 0.3 is 5.97 Å². The van der Waals surface area contributed by atoms with E-state index in [9.17, 15) is 14.7 Å². The first-order chi connectivity index (χ1) is 29.4. The molecule has 61 heavy (non-hydrogen) atoms. The summed E-state index contributed by atoms with van der Waals surface area (Å²) in [5, 5.41) is 11.1. The van der Waals surface area contributed by atoms with E-state index in [0.29, 0.717) is 57.3 Å². The second-order valence-electron chi connectivity index (χ2n) is 20.9. The van der Waals surface area contributed by atoms with Gasteiger partial charge in [-0.15, -0.1) is 0 Å². The van der Waals surface area contributed by atoms with Gasteiger partial charge in [0.15, 0.2) is 0 Å². The van der Waals surface area contributed by atoms with Crippen LogP contribution in [0.5, 0.6) is 0 Å². The Kier molecular flexibility index (Phi) is 12.4. The highest BCUT2D eigenvalue weighted by Gasteiger charge is 2.57. The first-order valence-electron chi connectivity index (χ1n) is 24.0. The molecule has 0 aliphatic carbocycles. The van der Waals surface area contributed by atoms with E-state index in [4.69, 9.17) is 47.4 Å². The Labute approximate surface area is 361 Å². The molecule has 10 heterocycles. The molecule has 8 saturated heterocycles. The third-order valence-corrected chi connectivity index (χ3v) is 16.1. The molecular formula is C48H70O13. The summed E-state index contributed by atoms with van der Waals surface area (Å²) in [6.45, 7) is 8.89. The third-order valence-electron chi connectivity index (χ3n) is 16.1. The van der Waals surface area contributed by atoms with Gasteiger partial charge < -0.3 is 57.3 Å². The van der Waals surface area contributed by atoms with Gasteiger partial charge in [0.05, 0.1) is 103 Å². The largest absolute Gasteiger partial charge is 0.459 e. The van der Waals surface area contributed by atoms with Crippen LogP contribution in [0.2, 0.25) is 0 Å². The van der Waals surface area contributed by atoms with Gasteiger partial charge in [-0.25, -0.2) is 0 Å². The van der Waals surface area contributed by atoms with E-state index in [1.54, 1.807) is 0 Å². The molecule has 8 fully saturated rings. The molecule has 0 saturated carbocycles. The van der Waals surface area contributed by atoms with Crippen molar-refractivity contribution in [3.05, 3.63) is 24.3 Å². The smallest absolute Gasteiger partial charge is 0.308 e. The first kappa shape index (κ1) is 43.1. The maximum Gasteiger partial charge on any atom is 0.308 e. The minimum absolute atomic E-state index is 0.0822. The molecule has 13 nitrogen and oxygen atoms in total. The highest BCUT2D eigenvalue weighted by molar-refractivity contribution is 5.72. The number of ether oxygens (including phenoxy) is 10. The van der Waals surface area contributed by atoms with Crippen LogP contribution in [-0.2, 0) is 57.0 Å². The summed E-state index contributed by atoms with van der Waals surface area (Å²) in [5.41, 5.74) is -1.09. The van der Waals surface area contributed by atoms with Crippen LogP contribution in [0.3, 0.4) is 0 Å². The van der Waals surface area contributed by atoms with Crippen molar-refractivity contribution in [2.75, 3.05) is 0 Å². The minimum atomic E-state index is -0.644. The van der Waals surface area contributed by atoms with Gasteiger partial charge in [0.2, 0.25) is 0 Å². The fraction of sp³-hybridized carbons (Fsp3) is 0.875. The topological polar surface area (TPSA) is 147 Å². The molecule has 0 unspecified atom stereocenters. The summed E-state index contributed by atoms with van der Waals surface area (Å²) in [6.07, 6.45) is 17.1. The van der Waals surface area contributed by atoms with Crippen LogP contribution in [0.4, 0.5) is 0 Å². The molecule has 10 aliphatic heterocycles. The SMILES string of the molecule is C[C@@H]1C[C@@H]2OC(=O)C[C@H]2O[C@H]2C[C@H]3O[C@H]4C/C=C\C[C@H]5O[C@H]6CCC[C@H]7O[C@H]8C[C@H]9O[C@H](CCC=O)C[C@H](O)[C@@H]9O[C@@H]8C[C@]7(C)O[C@@H]6/C=C\C[C@@H]5O[C@@H]4[C@@H](C)C[C@@H]3O[C@]2(C)C1. The average Bonchev–Trinajstić information content (AvgIpc) is 3.51. The maximum absolute atomic E-state index is 12.3. The van der Waals surface area contributed by atoms with E-state index in [2.05, 4.69) is 52.0 Å².